The third-order valence-corrected chi connectivity index (χ3v) is 6.11. The molecule has 2 heterocycles. The number of rotatable bonds is 14. The number of aromatic nitrogens is 2. The van der Waals surface area contributed by atoms with E-state index in [9.17, 15) is 28.4 Å². The minimum absolute atomic E-state index is 0.0317. The molecule has 0 saturated heterocycles. The van der Waals surface area contributed by atoms with Crippen molar-refractivity contribution in [3.05, 3.63) is 46.5 Å². The number of amides is 1. The second-order valence-electron chi connectivity index (χ2n) is 8.53. The smallest absolute Gasteiger partial charge is 0.462 e. The molecular weight excluding hydrogens is 542 g/mol. The van der Waals surface area contributed by atoms with Gasteiger partial charge < -0.3 is 29.4 Å². The van der Waals surface area contributed by atoms with Crippen molar-refractivity contribution in [2.45, 2.75) is 51.9 Å². The Hall–Kier alpha value is -3.49. The lowest BCUT2D eigenvalue weighted by atomic mass is 10.2. The Labute approximate surface area is 223 Å². The highest BCUT2D eigenvalue weighted by atomic mass is 31.1. The predicted molar refractivity (Wildman–Crippen MR) is 133 cm³/mol. The van der Waals surface area contributed by atoms with E-state index in [1.165, 1.54) is 31.3 Å². The Morgan fingerprint density at radius 1 is 1.23 bits per heavy atom. The first kappa shape index (κ1) is 30.1. The lowest BCUT2D eigenvalue weighted by Crippen LogP contribution is -2.37. The number of hydrogen-bond donors (Lipinski definition) is 3. The van der Waals surface area contributed by atoms with Crippen LogP contribution in [0.15, 0.2) is 35.3 Å². The number of halogens is 1. The molecule has 2 aromatic rings. The molecule has 16 heteroatoms. The summed E-state index contributed by atoms with van der Waals surface area (Å²) in [6, 6.07) is 4.99. The summed E-state index contributed by atoms with van der Waals surface area (Å²) in [5, 5.41) is 14.8. The number of alkyl halides is 1. The number of ether oxygens (including phenoxy) is 4. The van der Waals surface area contributed by atoms with Gasteiger partial charge in [-0.3, -0.25) is 14.2 Å². The van der Waals surface area contributed by atoms with Crippen LogP contribution >= 0.6 is 8.18 Å². The maximum Gasteiger partial charge on any atom is 0.613 e. The highest BCUT2D eigenvalue weighted by Crippen LogP contribution is 2.32. The quantitative estimate of drug-likeness (QED) is 0.220. The first-order valence-electron chi connectivity index (χ1n) is 11.8. The number of anilines is 1. The van der Waals surface area contributed by atoms with E-state index in [0.717, 1.165) is 4.57 Å². The van der Waals surface area contributed by atoms with Gasteiger partial charge in [0.1, 0.15) is 44.1 Å². The zero-order chi connectivity index (χ0) is 28.5. The number of carbonyl (C=O) groups is 2. The molecule has 39 heavy (non-hydrogen) atoms. The van der Waals surface area contributed by atoms with Gasteiger partial charge in [0.15, 0.2) is 11.5 Å². The van der Waals surface area contributed by atoms with E-state index in [4.69, 9.17) is 23.5 Å². The van der Waals surface area contributed by atoms with E-state index in [1.54, 1.807) is 19.9 Å². The number of benzene rings is 1. The molecule has 212 valence electrons. The third-order valence-electron chi connectivity index (χ3n) is 5.13. The molecule has 3 rings (SSSR count). The highest BCUT2D eigenvalue weighted by molar-refractivity contribution is 7.36. The van der Waals surface area contributed by atoms with Gasteiger partial charge in [-0.2, -0.15) is 4.98 Å². The van der Waals surface area contributed by atoms with E-state index in [2.05, 4.69) is 15.4 Å². The molecule has 2 unspecified atom stereocenters. The van der Waals surface area contributed by atoms with Gasteiger partial charge in [0.25, 0.3) is 5.91 Å². The van der Waals surface area contributed by atoms with Crippen molar-refractivity contribution in [3.8, 4) is 11.5 Å². The summed E-state index contributed by atoms with van der Waals surface area (Å²) < 4.78 is 52.2. The summed E-state index contributed by atoms with van der Waals surface area (Å²) in [5.74, 6) is -0.280. The summed E-state index contributed by atoms with van der Waals surface area (Å²) >= 11 is 0. The van der Waals surface area contributed by atoms with Crippen LogP contribution in [-0.2, 0) is 30.1 Å². The molecule has 0 aliphatic carbocycles. The first-order valence-corrected chi connectivity index (χ1v) is 13.0. The molecule has 1 aliphatic heterocycles. The van der Waals surface area contributed by atoms with Gasteiger partial charge in [0.05, 0.1) is 6.10 Å². The van der Waals surface area contributed by atoms with Gasteiger partial charge in [0.2, 0.25) is 6.79 Å². The highest BCUT2D eigenvalue weighted by Gasteiger charge is 2.31. The Balaban J connectivity index is 1.53. The van der Waals surface area contributed by atoms with Crippen LogP contribution in [0.1, 0.15) is 31.1 Å². The number of carbonyl (C=O) groups excluding carboxylic acids is 2. The second kappa shape index (κ2) is 14.1. The zero-order valence-corrected chi connectivity index (χ0v) is 22.3. The monoisotopic (exact) mass is 571 g/mol. The minimum atomic E-state index is -2.60. The first-order chi connectivity index (χ1) is 18.6. The molecule has 1 aromatic heterocycles. The largest absolute Gasteiger partial charge is 0.613 e. The Morgan fingerprint density at radius 2 is 1.97 bits per heavy atom. The Kier molecular flexibility index (Phi) is 10.8. The summed E-state index contributed by atoms with van der Waals surface area (Å²) in [5.41, 5.74) is -0.547. The normalized spacial score (nSPS) is 15.0. The van der Waals surface area contributed by atoms with Gasteiger partial charge >= 0.3 is 19.8 Å². The molecule has 0 saturated carbocycles. The molecule has 4 atom stereocenters. The van der Waals surface area contributed by atoms with Gasteiger partial charge in [-0.1, -0.05) is 5.09 Å². The van der Waals surface area contributed by atoms with Crippen LogP contribution in [0.5, 0.6) is 11.5 Å². The standard InChI is InChI=1S/C23H28FN4O10P/c1-13(2)38-22(31)14(3)27-39(33)37-10-19(16(29)9-24)34-11-28-7-6-20(26-23(28)32)25-21(30)15-4-5-17-18(8-15)36-12-35-17/h4-8,13-14,16,19,29H,9-12H2,1-3H3,(H-,25,26,27,30,32,33)/p+1/t14-,16+,19?/m0/s1. The predicted octanol–water partition coefficient (Wildman–Crippen LogP) is 1.50. The lowest BCUT2D eigenvalue weighted by Gasteiger charge is -2.19. The van der Waals surface area contributed by atoms with Gasteiger partial charge in [0, 0.05) is 11.8 Å². The fourth-order valence-electron chi connectivity index (χ4n) is 3.09. The van der Waals surface area contributed by atoms with Crippen molar-refractivity contribution < 1.29 is 47.1 Å². The number of fused-ring (bicyclic) bond motifs is 1. The van der Waals surface area contributed by atoms with E-state index < -0.39 is 64.0 Å². The van der Waals surface area contributed by atoms with Crippen LogP contribution < -0.4 is 25.6 Å². The van der Waals surface area contributed by atoms with Crippen LogP contribution in [0.3, 0.4) is 0 Å². The molecule has 0 fully saturated rings. The molecule has 1 aliphatic rings. The molecule has 3 N–H and O–H groups in total. The lowest BCUT2D eigenvalue weighted by molar-refractivity contribution is -0.149. The van der Waals surface area contributed by atoms with Crippen molar-refractivity contribution in [3.63, 3.8) is 0 Å². The van der Waals surface area contributed by atoms with Gasteiger partial charge in [-0.25, -0.2) is 9.18 Å². The van der Waals surface area contributed by atoms with Crippen LogP contribution in [0.2, 0.25) is 0 Å². The van der Waals surface area contributed by atoms with Crippen molar-refractivity contribution >= 4 is 25.9 Å². The Bertz CT molecular complexity index is 1240. The molecule has 0 bridgehead atoms. The maximum absolute atomic E-state index is 13.1. The van der Waals surface area contributed by atoms with E-state index >= 15 is 0 Å². The molecular formula is C23H29FN4O10P+. The Morgan fingerprint density at radius 3 is 2.67 bits per heavy atom. The second-order valence-corrected chi connectivity index (χ2v) is 9.56. The molecule has 1 amide bonds. The number of aliphatic hydroxyl groups is 1. The summed E-state index contributed by atoms with van der Waals surface area (Å²) in [4.78, 5) is 40.5. The maximum atomic E-state index is 13.1. The number of hydrogen-bond acceptors (Lipinski definition) is 11. The van der Waals surface area contributed by atoms with E-state index in [-0.39, 0.29) is 24.3 Å². The summed E-state index contributed by atoms with van der Waals surface area (Å²) in [7, 11) is -2.60. The van der Waals surface area contributed by atoms with Crippen LogP contribution in [0.25, 0.3) is 0 Å². The van der Waals surface area contributed by atoms with Crippen LogP contribution in [0, 0.1) is 0 Å². The number of nitrogens with one attached hydrogen (secondary N) is 2. The van der Waals surface area contributed by atoms with Crippen molar-refractivity contribution in [2.24, 2.45) is 0 Å². The van der Waals surface area contributed by atoms with Crippen molar-refractivity contribution in [2.75, 3.05) is 25.4 Å². The van der Waals surface area contributed by atoms with E-state index in [0.29, 0.717) is 11.5 Å². The molecule has 0 radical (unpaired) electrons. The van der Waals surface area contributed by atoms with Crippen molar-refractivity contribution in [1.82, 2.24) is 14.6 Å². The topological polar surface area (TPSA) is 177 Å². The van der Waals surface area contributed by atoms with Crippen LogP contribution in [-0.4, -0.2) is 71.0 Å². The van der Waals surface area contributed by atoms with Crippen molar-refractivity contribution in [1.29, 1.82) is 0 Å². The number of aliphatic hydroxyl groups excluding tert-OH is 1. The van der Waals surface area contributed by atoms with Gasteiger partial charge in [-0.15, -0.1) is 4.52 Å². The SMILES string of the molecule is CC(C)OC(=O)[C@H](C)N[P+](=O)OCC(OCn1ccc(NC(=O)c2ccc3c(c2)OCO3)nc1=O)[C@H](O)CF. The average molecular weight is 571 g/mol. The third kappa shape index (κ3) is 8.76. The average Bonchev–Trinajstić information content (AvgIpc) is 3.36. The fraction of sp³-hybridized carbons (Fsp3) is 0.478. The number of esters is 1. The fourth-order valence-corrected chi connectivity index (χ4v) is 3.87. The van der Waals surface area contributed by atoms with Crippen LogP contribution in [0.4, 0.5) is 10.2 Å². The number of nitrogens with zero attached hydrogens (tertiary/aromatic N) is 2. The zero-order valence-electron chi connectivity index (χ0n) is 21.4. The molecule has 1 aromatic carbocycles. The molecule has 0 spiro atoms. The minimum Gasteiger partial charge on any atom is -0.462 e. The van der Waals surface area contributed by atoms with Gasteiger partial charge in [-0.05, 0) is 49.6 Å². The van der Waals surface area contributed by atoms with E-state index in [1.807, 2.05) is 0 Å². The summed E-state index contributed by atoms with van der Waals surface area (Å²) in [6.45, 7) is 2.61. The summed E-state index contributed by atoms with van der Waals surface area (Å²) in [6.07, 6.45) is -2.06. The molecule has 14 nitrogen and oxygen atoms in total.